The van der Waals surface area contributed by atoms with Crippen molar-refractivity contribution in [1.29, 1.82) is 0 Å². The number of phenolic OH excluding ortho intramolecular Hbond substituents is 2. The van der Waals surface area contributed by atoms with Gasteiger partial charge in [0.2, 0.25) is 0 Å². The van der Waals surface area contributed by atoms with Crippen molar-refractivity contribution in [2.45, 2.75) is 20.0 Å². The van der Waals surface area contributed by atoms with Gasteiger partial charge in [-0.05, 0) is 19.1 Å². The van der Waals surface area contributed by atoms with Crippen molar-refractivity contribution in [3.05, 3.63) is 35.9 Å². The normalized spacial score (nSPS) is 10.4. The number of carbonyl (C=O) groups is 1. The van der Waals surface area contributed by atoms with E-state index in [1.165, 1.54) is 18.2 Å². The van der Waals surface area contributed by atoms with Crippen LogP contribution in [-0.2, 0) is 13.1 Å². The standard InChI is InChI=1S/C12H14N4O3/c1-2-16-7-14-15-10(16)6-13-12(19)11-8(17)4-3-5-9(11)18/h3-5,7,17-18H,2,6H2,1H3,(H,13,19). The summed E-state index contributed by atoms with van der Waals surface area (Å²) in [5.41, 5.74) is -0.148. The van der Waals surface area contributed by atoms with E-state index >= 15 is 0 Å². The van der Waals surface area contributed by atoms with Gasteiger partial charge in [0.1, 0.15) is 23.4 Å². The number of amides is 1. The molecule has 0 aliphatic carbocycles. The number of phenols is 2. The summed E-state index contributed by atoms with van der Waals surface area (Å²) in [6.07, 6.45) is 1.57. The number of hydrogen-bond acceptors (Lipinski definition) is 5. The molecule has 0 fully saturated rings. The third-order valence-electron chi connectivity index (χ3n) is 2.69. The van der Waals surface area contributed by atoms with Crippen molar-refractivity contribution in [2.24, 2.45) is 0 Å². The first-order valence-corrected chi connectivity index (χ1v) is 5.79. The second kappa shape index (κ2) is 5.38. The third kappa shape index (κ3) is 2.65. The van der Waals surface area contributed by atoms with E-state index in [1.807, 2.05) is 6.92 Å². The summed E-state index contributed by atoms with van der Waals surface area (Å²) < 4.78 is 1.78. The van der Waals surface area contributed by atoms with E-state index < -0.39 is 5.91 Å². The van der Waals surface area contributed by atoms with E-state index in [-0.39, 0.29) is 23.6 Å². The minimum Gasteiger partial charge on any atom is -0.507 e. The van der Waals surface area contributed by atoms with Gasteiger partial charge in [-0.1, -0.05) is 6.07 Å². The molecule has 100 valence electrons. The van der Waals surface area contributed by atoms with Gasteiger partial charge >= 0.3 is 0 Å². The zero-order chi connectivity index (χ0) is 13.8. The molecule has 0 unspecified atom stereocenters. The highest BCUT2D eigenvalue weighted by Gasteiger charge is 2.16. The number of nitrogens with one attached hydrogen (secondary N) is 1. The molecule has 19 heavy (non-hydrogen) atoms. The number of aryl methyl sites for hydroxylation is 1. The van der Waals surface area contributed by atoms with Crippen LogP contribution in [0.2, 0.25) is 0 Å². The highest BCUT2D eigenvalue weighted by atomic mass is 16.3. The van der Waals surface area contributed by atoms with Crippen molar-refractivity contribution >= 4 is 5.91 Å². The summed E-state index contributed by atoms with van der Waals surface area (Å²) in [4.78, 5) is 11.9. The highest BCUT2D eigenvalue weighted by Crippen LogP contribution is 2.25. The molecule has 0 aliphatic rings. The fourth-order valence-corrected chi connectivity index (χ4v) is 1.69. The van der Waals surface area contributed by atoms with Crippen LogP contribution < -0.4 is 5.32 Å². The zero-order valence-electron chi connectivity index (χ0n) is 10.4. The first kappa shape index (κ1) is 12.9. The highest BCUT2D eigenvalue weighted by molar-refractivity contribution is 5.99. The average Bonchev–Trinajstić information content (AvgIpc) is 2.83. The lowest BCUT2D eigenvalue weighted by molar-refractivity contribution is 0.0944. The Bertz CT molecular complexity index is 574. The molecular formula is C12H14N4O3. The largest absolute Gasteiger partial charge is 0.507 e. The van der Waals surface area contributed by atoms with Gasteiger partial charge in [0.25, 0.3) is 5.91 Å². The van der Waals surface area contributed by atoms with E-state index in [1.54, 1.807) is 10.9 Å². The van der Waals surface area contributed by atoms with Crippen LogP contribution in [0.15, 0.2) is 24.5 Å². The van der Waals surface area contributed by atoms with Crippen LogP contribution in [0.1, 0.15) is 23.1 Å². The number of benzene rings is 1. The van der Waals surface area contributed by atoms with Gasteiger partial charge in [0.05, 0.1) is 6.54 Å². The Morgan fingerprint density at radius 1 is 1.37 bits per heavy atom. The SMILES string of the molecule is CCn1cnnc1CNC(=O)c1c(O)cccc1O. The molecule has 7 heteroatoms. The van der Waals surface area contributed by atoms with Gasteiger partial charge in [-0.2, -0.15) is 0 Å². The Morgan fingerprint density at radius 3 is 2.68 bits per heavy atom. The average molecular weight is 262 g/mol. The van der Waals surface area contributed by atoms with E-state index in [9.17, 15) is 15.0 Å². The number of aromatic nitrogens is 3. The molecule has 0 saturated heterocycles. The van der Waals surface area contributed by atoms with E-state index in [0.29, 0.717) is 12.4 Å². The van der Waals surface area contributed by atoms with Crippen molar-refractivity contribution in [3.8, 4) is 11.5 Å². The minimum atomic E-state index is -0.568. The maximum atomic E-state index is 11.9. The third-order valence-corrected chi connectivity index (χ3v) is 2.69. The molecule has 0 radical (unpaired) electrons. The Labute approximate surface area is 109 Å². The van der Waals surface area contributed by atoms with E-state index in [0.717, 1.165) is 0 Å². The molecule has 1 amide bonds. The lowest BCUT2D eigenvalue weighted by atomic mass is 10.1. The Balaban J connectivity index is 2.10. The van der Waals surface area contributed by atoms with Crippen LogP contribution in [0.4, 0.5) is 0 Å². The molecule has 0 spiro atoms. The Hall–Kier alpha value is -2.57. The molecule has 7 nitrogen and oxygen atoms in total. The topological polar surface area (TPSA) is 100 Å². The Kier molecular flexibility index (Phi) is 3.65. The summed E-state index contributed by atoms with van der Waals surface area (Å²) in [5.74, 6) is -0.504. The van der Waals surface area contributed by atoms with Crippen molar-refractivity contribution in [2.75, 3.05) is 0 Å². The molecule has 3 N–H and O–H groups in total. The van der Waals surface area contributed by atoms with Gasteiger partial charge in [0, 0.05) is 6.54 Å². The molecule has 0 saturated carbocycles. The molecular weight excluding hydrogens is 248 g/mol. The van der Waals surface area contributed by atoms with Crippen molar-refractivity contribution in [1.82, 2.24) is 20.1 Å². The number of nitrogens with zero attached hydrogens (tertiary/aromatic N) is 3. The number of aromatic hydroxyl groups is 2. The van der Waals surface area contributed by atoms with Crippen LogP contribution in [0, 0.1) is 0 Å². The van der Waals surface area contributed by atoms with E-state index in [2.05, 4.69) is 15.5 Å². The van der Waals surface area contributed by atoms with Gasteiger partial charge in [-0.25, -0.2) is 0 Å². The first-order chi connectivity index (χ1) is 9.13. The first-order valence-electron chi connectivity index (χ1n) is 5.79. The minimum absolute atomic E-state index is 0.148. The van der Waals surface area contributed by atoms with Gasteiger partial charge in [0.15, 0.2) is 5.82 Å². The molecule has 1 aromatic carbocycles. The van der Waals surface area contributed by atoms with Gasteiger partial charge < -0.3 is 20.1 Å². The van der Waals surface area contributed by atoms with Crippen LogP contribution in [0.3, 0.4) is 0 Å². The molecule has 1 heterocycles. The molecule has 0 aliphatic heterocycles. The molecule has 0 bridgehead atoms. The second-order valence-corrected chi connectivity index (χ2v) is 3.89. The Morgan fingerprint density at radius 2 is 2.05 bits per heavy atom. The maximum Gasteiger partial charge on any atom is 0.259 e. The monoisotopic (exact) mass is 262 g/mol. The second-order valence-electron chi connectivity index (χ2n) is 3.89. The van der Waals surface area contributed by atoms with Gasteiger partial charge in [-0.15, -0.1) is 10.2 Å². The molecule has 1 aromatic heterocycles. The summed E-state index contributed by atoms with van der Waals surface area (Å²) in [6, 6.07) is 4.13. The number of hydrogen-bond donors (Lipinski definition) is 3. The van der Waals surface area contributed by atoms with E-state index in [4.69, 9.17) is 0 Å². The predicted octanol–water partition coefficient (Wildman–Crippen LogP) is 0.639. The van der Waals surface area contributed by atoms with Crippen molar-refractivity contribution in [3.63, 3.8) is 0 Å². The van der Waals surface area contributed by atoms with Crippen molar-refractivity contribution < 1.29 is 15.0 Å². The van der Waals surface area contributed by atoms with Crippen LogP contribution in [0.25, 0.3) is 0 Å². The fraction of sp³-hybridized carbons (Fsp3) is 0.250. The molecule has 2 aromatic rings. The summed E-state index contributed by atoms with van der Waals surface area (Å²) in [5, 5.41) is 29.3. The quantitative estimate of drug-likeness (QED) is 0.750. The summed E-state index contributed by atoms with van der Waals surface area (Å²) in [6.45, 7) is 2.80. The van der Waals surface area contributed by atoms with Crippen LogP contribution in [0.5, 0.6) is 11.5 Å². The molecule has 2 rings (SSSR count). The van der Waals surface area contributed by atoms with Gasteiger partial charge in [-0.3, -0.25) is 4.79 Å². The number of rotatable bonds is 4. The summed E-state index contributed by atoms with van der Waals surface area (Å²) >= 11 is 0. The lowest BCUT2D eigenvalue weighted by Crippen LogP contribution is -2.24. The van der Waals surface area contributed by atoms with Crippen LogP contribution >= 0.6 is 0 Å². The lowest BCUT2D eigenvalue weighted by Gasteiger charge is -2.08. The predicted molar refractivity (Wildman–Crippen MR) is 66.6 cm³/mol. The van der Waals surface area contributed by atoms with Crippen LogP contribution in [-0.4, -0.2) is 30.9 Å². The number of carbonyl (C=O) groups excluding carboxylic acids is 1. The smallest absolute Gasteiger partial charge is 0.259 e. The maximum absolute atomic E-state index is 11.9. The zero-order valence-corrected chi connectivity index (χ0v) is 10.4. The molecule has 0 atom stereocenters. The fourth-order valence-electron chi connectivity index (χ4n) is 1.69. The summed E-state index contributed by atoms with van der Waals surface area (Å²) in [7, 11) is 0.